The highest BCUT2D eigenvalue weighted by Crippen LogP contribution is 2.45. The molecule has 1 aliphatic rings. The van der Waals surface area contributed by atoms with E-state index in [-0.39, 0.29) is 26.2 Å². The Labute approximate surface area is 142 Å². The molecule has 0 aliphatic carbocycles. The zero-order chi connectivity index (χ0) is 18.7. The minimum atomic E-state index is -4.95. The van der Waals surface area contributed by atoms with Crippen LogP contribution in [0.3, 0.4) is 0 Å². The number of likely N-dealkylation sites (tertiary alicyclic amines) is 1. The van der Waals surface area contributed by atoms with Crippen LogP contribution in [0, 0.1) is 5.41 Å². The summed E-state index contributed by atoms with van der Waals surface area (Å²) in [7, 11) is 0. The van der Waals surface area contributed by atoms with E-state index in [0.717, 1.165) is 10.5 Å². The van der Waals surface area contributed by atoms with Crippen LogP contribution < -0.4 is 0 Å². The molecule has 1 saturated heterocycles. The van der Waals surface area contributed by atoms with Gasteiger partial charge in [0.1, 0.15) is 0 Å². The van der Waals surface area contributed by atoms with Gasteiger partial charge in [-0.2, -0.15) is 13.2 Å². The lowest BCUT2D eigenvalue weighted by molar-refractivity contribution is -0.227. The van der Waals surface area contributed by atoms with Crippen molar-refractivity contribution < 1.29 is 33.0 Å². The number of benzene rings is 1. The number of urea groups is 1. The lowest BCUT2D eigenvalue weighted by Crippen LogP contribution is -2.49. The summed E-state index contributed by atoms with van der Waals surface area (Å²) in [5.74, 6) is -1.98. The van der Waals surface area contributed by atoms with E-state index in [0.29, 0.717) is 0 Å². The van der Waals surface area contributed by atoms with E-state index >= 15 is 0 Å². The molecule has 6 nitrogen and oxygen atoms in total. The van der Waals surface area contributed by atoms with Gasteiger partial charge >= 0.3 is 18.2 Å². The minimum Gasteiger partial charge on any atom is -0.481 e. The maximum atomic E-state index is 13.2. The Morgan fingerprint density at radius 3 is 2.36 bits per heavy atom. The van der Waals surface area contributed by atoms with Crippen LogP contribution in [0.4, 0.5) is 18.0 Å². The van der Waals surface area contributed by atoms with Crippen molar-refractivity contribution in [3.05, 3.63) is 35.9 Å². The number of aliphatic carboxylic acids is 1. The number of aliphatic hydroxyl groups is 1. The number of carbonyl (C=O) groups is 2. The van der Waals surface area contributed by atoms with Gasteiger partial charge in [-0.1, -0.05) is 30.3 Å². The molecule has 1 atom stereocenters. The Kier molecular flexibility index (Phi) is 5.56. The smallest absolute Gasteiger partial charge is 0.406 e. The average Bonchev–Trinajstić information content (AvgIpc) is 3.01. The highest BCUT2D eigenvalue weighted by molar-refractivity contribution is 5.80. The summed E-state index contributed by atoms with van der Waals surface area (Å²) in [6.45, 7) is -1.53. The van der Waals surface area contributed by atoms with Crippen molar-refractivity contribution in [1.82, 2.24) is 9.80 Å². The third-order valence-corrected chi connectivity index (χ3v) is 4.35. The number of carboxylic acid groups (broad SMARTS) is 1. The van der Waals surface area contributed by atoms with Crippen molar-refractivity contribution in [3.63, 3.8) is 0 Å². The van der Waals surface area contributed by atoms with Gasteiger partial charge in [0.2, 0.25) is 0 Å². The number of amides is 2. The molecule has 9 heteroatoms. The van der Waals surface area contributed by atoms with Gasteiger partial charge in [0.15, 0.2) is 5.41 Å². The number of hydrogen-bond donors (Lipinski definition) is 2. The first-order valence-corrected chi connectivity index (χ1v) is 7.70. The average molecular weight is 360 g/mol. The molecule has 0 saturated carbocycles. The molecule has 2 amide bonds. The van der Waals surface area contributed by atoms with E-state index < -0.39 is 36.6 Å². The largest absolute Gasteiger partial charge is 0.481 e. The number of nitrogens with zero attached hydrogens (tertiary/aromatic N) is 2. The predicted molar refractivity (Wildman–Crippen MR) is 81.6 cm³/mol. The number of halogens is 3. The lowest BCUT2D eigenvalue weighted by Gasteiger charge is -2.30. The van der Waals surface area contributed by atoms with E-state index in [1.807, 2.05) is 0 Å². The first-order chi connectivity index (χ1) is 11.7. The minimum absolute atomic E-state index is 0.0592. The highest BCUT2D eigenvalue weighted by atomic mass is 19.4. The van der Waals surface area contributed by atoms with Gasteiger partial charge in [-0.05, 0) is 12.0 Å². The SMILES string of the molecule is O=C(N(CCO)Cc1ccccc1)N1CCC(C(=O)O)(C(F)(F)F)C1. The van der Waals surface area contributed by atoms with Crippen LogP contribution in [0.25, 0.3) is 0 Å². The molecule has 1 fully saturated rings. The Hall–Kier alpha value is -2.29. The van der Waals surface area contributed by atoms with E-state index in [1.165, 1.54) is 4.90 Å². The number of rotatable bonds is 5. The summed E-state index contributed by atoms with van der Waals surface area (Å²) in [4.78, 5) is 25.9. The molecule has 1 heterocycles. The van der Waals surface area contributed by atoms with Gasteiger partial charge in [-0.3, -0.25) is 4.79 Å². The Bertz CT molecular complexity index is 624. The normalized spacial score (nSPS) is 20.6. The van der Waals surface area contributed by atoms with Gasteiger partial charge < -0.3 is 20.0 Å². The molecular formula is C16H19F3N2O4. The fourth-order valence-electron chi connectivity index (χ4n) is 2.87. The third kappa shape index (κ3) is 3.87. The summed E-state index contributed by atoms with van der Waals surface area (Å²) in [5, 5.41) is 18.2. The summed E-state index contributed by atoms with van der Waals surface area (Å²) in [6.07, 6.45) is -5.63. The molecule has 1 unspecified atom stereocenters. The van der Waals surface area contributed by atoms with Crippen LogP contribution in [-0.2, 0) is 11.3 Å². The molecule has 25 heavy (non-hydrogen) atoms. The highest BCUT2D eigenvalue weighted by Gasteiger charge is 2.64. The second-order valence-corrected chi connectivity index (χ2v) is 5.97. The van der Waals surface area contributed by atoms with Gasteiger partial charge in [0.25, 0.3) is 0 Å². The summed E-state index contributed by atoms with van der Waals surface area (Å²) in [5.41, 5.74) is -2.19. The molecule has 0 radical (unpaired) electrons. The summed E-state index contributed by atoms with van der Waals surface area (Å²) in [6, 6.07) is 8.08. The predicted octanol–water partition coefficient (Wildman–Crippen LogP) is 1.94. The summed E-state index contributed by atoms with van der Waals surface area (Å²) < 4.78 is 39.7. The second kappa shape index (κ2) is 7.30. The van der Waals surface area contributed by atoms with E-state index in [1.54, 1.807) is 30.3 Å². The first kappa shape index (κ1) is 19.0. The molecule has 138 valence electrons. The van der Waals surface area contributed by atoms with Crippen molar-refractivity contribution in [3.8, 4) is 0 Å². The van der Waals surface area contributed by atoms with Gasteiger partial charge in [0, 0.05) is 26.2 Å². The Morgan fingerprint density at radius 2 is 1.88 bits per heavy atom. The molecule has 1 aliphatic heterocycles. The molecular weight excluding hydrogens is 341 g/mol. The van der Waals surface area contributed by atoms with Crippen molar-refractivity contribution >= 4 is 12.0 Å². The summed E-state index contributed by atoms with van der Waals surface area (Å²) >= 11 is 0. The van der Waals surface area contributed by atoms with Crippen molar-refractivity contribution in [2.45, 2.75) is 19.1 Å². The fourth-order valence-corrected chi connectivity index (χ4v) is 2.87. The Balaban J connectivity index is 2.16. The first-order valence-electron chi connectivity index (χ1n) is 7.70. The van der Waals surface area contributed by atoms with Gasteiger partial charge in [0.05, 0.1) is 6.61 Å². The lowest BCUT2D eigenvalue weighted by atomic mass is 9.86. The fraction of sp³-hybridized carbons (Fsp3) is 0.500. The quantitative estimate of drug-likeness (QED) is 0.841. The van der Waals surface area contributed by atoms with Gasteiger partial charge in [-0.15, -0.1) is 0 Å². The number of alkyl halides is 3. The topological polar surface area (TPSA) is 81.1 Å². The zero-order valence-electron chi connectivity index (χ0n) is 13.4. The molecule has 1 aromatic rings. The molecule has 1 aromatic carbocycles. The second-order valence-electron chi connectivity index (χ2n) is 5.97. The van der Waals surface area contributed by atoms with E-state index in [4.69, 9.17) is 10.2 Å². The molecule has 2 N–H and O–H groups in total. The molecule has 2 rings (SSSR count). The Morgan fingerprint density at radius 1 is 1.24 bits per heavy atom. The van der Waals surface area contributed by atoms with E-state index in [9.17, 15) is 22.8 Å². The van der Waals surface area contributed by atoms with Crippen LogP contribution in [0.2, 0.25) is 0 Å². The van der Waals surface area contributed by atoms with Crippen LogP contribution in [-0.4, -0.2) is 64.4 Å². The zero-order valence-corrected chi connectivity index (χ0v) is 13.4. The molecule has 0 aromatic heterocycles. The maximum absolute atomic E-state index is 13.2. The number of carboxylic acids is 1. The monoisotopic (exact) mass is 360 g/mol. The maximum Gasteiger partial charge on any atom is 0.406 e. The molecule has 0 spiro atoms. The third-order valence-electron chi connectivity index (χ3n) is 4.35. The number of aliphatic hydroxyl groups excluding tert-OH is 1. The van der Waals surface area contributed by atoms with Crippen LogP contribution >= 0.6 is 0 Å². The van der Waals surface area contributed by atoms with Crippen LogP contribution in [0.15, 0.2) is 30.3 Å². The number of carbonyl (C=O) groups excluding carboxylic acids is 1. The van der Waals surface area contributed by atoms with Crippen LogP contribution in [0.5, 0.6) is 0 Å². The van der Waals surface area contributed by atoms with E-state index in [2.05, 4.69) is 0 Å². The van der Waals surface area contributed by atoms with Crippen molar-refractivity contribution in [1.29, 1.82) is 0 Å². The number of hydrogen-bond acceptors (Lipinski definition) is 3. The van der Waals surface area contributed by atoms with Crippen molar-refractivity contribution in [2.75, 3.05) is 26.2 Å². The van der Waals surface area contributed by atoms with Crippen molar-refractivity contribution in [2.24, 2.45) is 5.41 Å². The standard InChI is InChI=1S/C16H19F3N2O4/c17-16(18,19)15(13(23)24)6-7-21(11-15)14(25)20(8-9-22)10-12-4-2-1-3-5-12/h1-5,22H,6-11H2,(H,23,24). The van der Waals surface area contributed by atoms with Gasteiger partial charge in [-0.25, -0.2) is 4.79 Å². The molecule has 0 bridgehead atoms. The van der Waals surface area contributed by atoms with Crippen LogP contribution in [0.1, 0.15) is 12.0 Å².